The van der Waals surface area contributed by atoms with Gasteiger partial charge in [-0.15, -0.1) is 0 Å². The molecular weight excluding hydrogens is 611 g/mol. The predicted octanol–water partition coefficient (Wildman–Crippen LogP) is 6.97. The topological polar surface area (TPSA) is 132 Å². The first-order valence-electron chi connectivity index (χ1n) is 13.6. The highest BCUT2D eigenvalue weighted by molar-refractivity contribution is 7.23. The zero-order valence-corrected chi connectivity index (χ0v) is 25.2. The highest BCUT2D eigenvalue weighted by Crippen LogP contribution is 2.37. The van der Waals surface area contributed by atoms with E-state index in [4.69, 9.17) is 28.3 Å². The molecule has 0 aliphatic heterocycles. The molecule has 9 nitrogen and oxygen atoms in total. The van der Waals surface area contributed by atoms with Gasteiger partial charge in [0.05, 0.1) is 33.4 Å². The number of aromatic nitrogens is 1. The Morgan fingerprint density at radius 1 is 1.00 bits per heavy atom. The molecule has 5 rings (SSSR count). The SMILES string of the molecule is O=C(NC[C@@H](O)C(=O)O)c1ccc(CN(C(=O)Nc2nc3ccc(Cl)c(Cl)c3s2)c2ccc(C3=CCCCC3)cc2)cc1. The molecule has 0 saturated carbocycles. The van der Waals surface area contributed by atoms with Crippen LogP contribution < -0.4 is 15.5 Å². The number of aliphatic hydroxyl groups excluding tert-OH is 1. The smallest absolute Gasteiger partial charge is 0.334 e. The van der Waals surface area contributed by atoms with Crippen LogP contribution in [0.4, 0.5) is 15.6 Å². The van der Waals surface area contributed by atoms with Gasteiger partial charge in [0.25, 0.3) is 5.91 Å². The van der Waals surface area contributed by atoms with Crippen LogP contribution in [0.5, 0.6) is 0 Å². The second-order valence-electron chi connectivity index (χ2n) is 10.0. The minimum absolute atomic E-state index is 0.185. The molecule has 1 atom stereocenters. The maximum absolute atomic E-state index is 13.7. The molecule has 0 unspecified atom stereocenters. The molecule has 12 heteroatoms. The third-order valence-electron chi connectivity index (χ3n) is 7.05. The lowest BCUT2D eigenvalue weighted by atomic mass is 9.93. The van der Waals surface area contributed by atoms with Crippen molar-refractivity contribution in [3.05, 3.63) is 93.5 Å². The highest BCUT2D eigenvalue weighted by Gasteiger charge is 2.21. The summed E-state index contributed by atoms with van der Waals surface area (Å²) in [4.78, 5) is 43.0. The van der Waals surface area contributed by atoms with E-state index < -0.39 is 30.6 Å². The molecule has 3 aromatic carbocycles. The summed E-state index contributed by atoms with van der Waals surface area (Å²) in [6, 6.07) is 17.4. The number of carboxylic acid groups (broad SMARTS) is 1. The lowest BCUT2D eigenvalue weighted by molar-refractivity contribution is -0.146. The number of carboxylic acids is 1. The van der Waals surface area contributed by atoms with Crippen LogP contribution in [0.2, 0.25) is 10.0 Å². The molecule has 0 spiro atoms. The van der Waals surface area contributed by atoms with Crippen molar-refractivity contribution in [1.82, 2.24) is 10.3 Å². The van der Waals surface area contributed by atoms with Gasteiger partial charge in [-0.25, -0.2) is 14.6 Å². The van der Waals surface area contributed by atoms with E-state index in [0.29, 0.717) is 31.1 Å². The molecule has 1 aliphatic carbocycles. The Labute approximate surface area is 261 Å². The normalized spacial score (nSPS) is 13.7. The number of aliphatic hydroxyl groups is 1. The molecule has 0 bridgehead atoms. The maximum atomic E-state index is 13.7. The Balaban J connectivity index is 1.37. The molecule has 0 radical (unpaired) electrons. The lowest BCUT2D eigenvalue weighted by Gasteiger charge is -2.24. The minimum Gasteiger partial charge on any atom is -0.479 e. The zero-order valence-electron chi connectivity index (χ0n) is 22.8. The zero-order chi connectivity index (χ0) is 30.5. The second kappa shape index (κ2) is 13.6. The molecular formula is C31H28Cl2N4O5S. The van der Waals surface area contributed by atoms with Crippen molar-refractivity contribution in [2.45, 2.75) is 38.3 Å². The average molecular weight is 640 g/mol. The summed E-state index contributed by atoms with van der Waals surface area (Å²) in [5.41, 5.74) is 4.76. The maximum Gasteiger partial charge on any atom is 0.334 e. The first-order chi connectivity index (χ1) is 20.7. The summed E-state index contributed by atoms with van der Waals surface area (Å²) in [6.45, 7) is -0.231. The van der Waals surface area contributed by atoms with Gasteiger partial charge in [-0.1, -0.05) is 64.9 Å². The molecule has 1 heterocycles. The molecule has 4 aromatic rings. The predicted molar refractivity (Wildman–Crippen MR) is 170 cm³/mol. The molecule has 222 valence electrons. The van der Waals surface area contributed by atoms with Crippen molar-refractivity contribution in [2.75, 3.05) is 16.8 Å². The number of urea groups is 1. The van der Waals surface area contributed by atoms with Gasteiger partial charge < -0.3 is 15.5 Å². The number of halogens is 2. The van der Waals surface area contributed by atoms with Crippen LogP contribution in [0, 0.1) is 0 Å². The Hall–Kier alpha value is -3.96. The van der Waals surface area contributed by atoms with Gasteiger partial charge >= 0.3 is 12.0 Å². The van der Waals surface area contributed by atoms with Crippen molar-refractivity contribution in [1.29, 1.82) is 0 Å². The fraction of sp³-hybridized carbons (Fsp3) is 0.226. The first-order valence-corrected chi connectivity index (χ1v) is 15.2. The van der Waals surface area contributed by atoms with E-state index in [-0.39, 0.29) is 12.1 Å². The molecule has 0 saturated heterocycles. The lowest BCUT2D eigenvalue weighted by Crippen LogP contribution is -2.36. The third kappa shape index (κ3) is 7.34. The van der Waals surface area contributed by atoms with Crippen LogP contribution in [0.25, 0.3) is 15.8 Å². The minimum atomic E-state index is -1.69. The quantitative estimate of drug-likeness (QED) is 0.156. The van der Waals surface area contributed by atoms with E-state index >= 15 is 0 Å². The van der Waals surface area contributed by atoms with Crippen molar-refractivity contribution < 1.29 is 24.6 Å². The van der Waals surface area contributed by atoms with Crippen LogP contribution in [0.3, 0.4) is 0 Å². The Morgan fingerprint density at radius 3 is 2.42 bits per heavy atom. The number of amides is 3. The summed E-state index contributed by atoms with van der Waals surface area (Å²) in [6.07, 6.45) is 5.03. The fourth-order valence-electron chi connectivity index (χ4n) is 4.71. The first kappa shape index (κ1) is 30.5. The van der Waals surface area contributed by atoms with Crippen molar-refractivity contribution in [3.8, 4) is 0 Å². The van der Waals surface area contributed by atoms with Gasteiger partial charge in [-0.05, 0) is 78.8 Å². The number of carbonyl (C=O) groups excluding carboxylic acids is 2. The van der Waals surface area contributed by atoms with Crippen molar-refractivity contribution in [2.24, 2.45) is 0 Å². The number of nitrogens with one attached hydrogen (secondary N) is 2. The number of carbonyl (C=O) groups is 3. The van der Waals surface area contributed by atoms with Crippen LogP contribution >= 0.6 is 34.5 Å². The number of anilines is 2. The van der Waals surface area contributed by atoms with E-state index in [2.05, 4.69) is 21.7 Å². The van der Waals surface area contributed by atoms with Gasteiger partial charge in [0.1, 0.15) is 0 Å². The van der Waals surface area contributed by atoms with Crippen LogP contribution in [0.1, 0.15) is 47.2 Å². The number of allylic oxidation sites excluding steroid dienone is 2. The summed E-state index contributed by atoms with van der Waals surface area (Å²) in [5, 5.41) is 24.6. The Kier molecular flexibility index (Phi) is 9.62. The van der Waals surface area contributed by atoms with Crippen LogP contribution in [0.15, 0.2) is 66.7 Å². The Morgan fingerprint density at radius 2 is 1.74 bits per heavy atom. The molecule has 0 fully saturated rings. The van der Waals surface area contributed by atoms with Crippen molar-refractivity contribution >= 4 is 79.1 Å². The number of aliphatic carboxylic acids is 1. The van der Waals surface area contributed by atoms with E-state index in [1.54, 1.807) is 41.3 Å². The van der Waals surface area contributed by atoms with E-state index in [1.807, 2.05) is 24.3 Å². The van der Waals surface area contributed by atoms with E-state index in [9.17, 15) is 19.5 Å². The monoisotopic (exact) mass is 638 g/mol. The third-order valence-corrected chi connectivity index (χ3v) is 8.97. The highest BCUT2D eigenvalue weighted by atomic mass is 35.5. The average Bonchev–Trinajstić information content (AvgIpc) is 3.44. The number of nitrogens with zero attached hydrogens (tertiary/aromatic N) is 2. The van der Waals surface area contributed by atoms with Gasteiger partial charge in [0, 0.05) is 11.3 Å². The summed E-state index contributed by atoms with van der Waals surface area (Å²) < 4.78 is 0.672. The van der Waals surface area contributed by atoms with Gasteiger partial charge in [-0.3, -0.25) is 15.0 Å². The van der Waals surface area contributed by atoms with E-state index in [1.165, 1.54) is 23.3 Å². The molecule has 1 aromatic heterocycles. The molecule has 1 aliphatic rings. The number of thiazole rings is 1. The Bertz CT molecular complexity index is 1690. The summed E-state index contributed by atoms with van der Waals surface area (Å²) in [5.74, 6) is -1.95. The number of fused-ring (bicyclic) bond motifs is 1. The summed E-state index contributed by atoms with van der Waals surface area (Å²) >= 11 is 13.7. The number of hydrogen-bond acceptors (Lipinski definition) is 6. The number of hydrogen-bond donors (Lipinski definition) is 4. The second-order valence-corrected chi connectivity index (χ2v) is 11.8. The van der Waals surface area contributed by atoms with Crippen molar-refractivity contribution in [3.63, 3.8) is 0 Å². The van der Waals surface area contributed by atoms with Gasteiger partial charge in [0.15, 0.2) is 11.2 Å². The number of rotatable bonds is 9. The van der Waals surface area contributed by atoms with Crippen LogP contribution in [-0.4, -0.2) is 45.8 Å². The fourth-order valence-corrected chi connectivity index (χ4v) is 6.09. The summed E-state index contributed by atoms with van der Waals surface area (Å²) in [7, 11) is 0. The van der Waals surface area contributed by atoms with Gasteiger partial charge in [0.2, 0.25) is 0 Å². The molecule has 43 heavy (non-hydrogen) atoms. The van der Waals surface area contributed by atoms with Crippen LogP contribution in [-0.2, 0) is 11.3 Å². The van der Waals surface area contributed by atoms with E-state index in [0.717, 1.165) is 30.4 Å². The standard InChI is InChI=1S/C31H28Cl2N4O5S/c32-23-14-15-24-27(26(23)33)43-30(35-24)36-31(42)37(22-12-10-20(11-13-22)19-4-2-1-3-5-19)17-18-6-8-21(9-7-18)28(39)34-16-25(38)29(40)41/h4,6-15,25,38H,1-3,5,16-17H2,(H,34,39)(H,40,41)(H,35,36,42)/t25-/m1/s1. The largest absolute Gasteiger partial charge is 0.479 e. The van der Waals surface area contributed by atoms with Gasteiger partial charge in [-0.2, -0.15) is 0 Å². The molecule has 4 N–H and O–H groups in total. The molecule has 3 amide bonds. The number of benzene rings is 3.